The standard InChI is InChI=1S/C15H13N3O3/c16-9-8-14(19)17-18-15(20)10-21-13-7-3-5-11-4-1-2-6-12(11)13/h1-7H,8,10H2,(H,17,19)(H,18,20). The van der Waals surface area contributed by atoms with Gasteiger partial charge < -0.3 is 4.74 Å². The van der Waals surface area contributed by atoms with Gasteiger partial charge in [-0.25, -0.2) is 0 Å². The van der Waals surface area contributed by atoms with E-state index >= 15 is 0 Å². The summed E-state index contributed by atoms with van der Waals surface area (Å²) in [5.74, 6) is -0.489. The molecule has 0 aliphatic rings. The molecular weight excluding hydrogens is 270 g/mol. The topological polar surface area (TPSA) is 91.2 Å². The first-order valence-electron chi connectivity index (χ1n) is 6.26. The maximum atomic E-state index is 11.5. The minimum absolute atomic E-state index is 0.235. The first-order chi connectivity index (χ1) is 10.2. The molecule has 21 heavy (non-hydrogen) atoms. The van der Waals surface area contributed by atoms with E-state index in [1.807, 2.05) is 36.4 Å². The van der Waals surface area contributed by atoms with Crippen LogP contribution in [-0.2, 0) is 9.59 Å². The van der Waals surface area contributed by atoms with Crippen LogP contribution in [0, 0.1) is 11.3 Å². The summed E-state index contributed by atoms with van der Waals surface area (Å²) in [6.45, 7) is -0.235. The number of nitrogens with zero attached hydrogens (tertiary/aromatic N) is 1. The zero-order valence-corrected chi connectivity index (χ0v) is 11.1. The summed E-state index contributed by atoms with van der Waals surface area (Å²) >= 11 is 0. The van der Waals surface area contributed by atoms with E-state index in [0.717, 1.165) is 10.8 Å². The Morgan fingerprint density at radius 3 is 2.57 bits per heavy atom. The largest absolute Gasteiger partial charge is 0.483 e. The van der Waals surface area contributed by atoms with Crippen LogP contribution in [0.4, 0.5) is 0 Å². The van der Waals surface area contributed by atoms with Crippen LogP contribution in [0.15, 0.2) is 42.5 Å². The predicted molar refractivity (Wildman–Crippen MR) is 76.0 cm³/mol. The third-order valence-electron chi connectivity index (χ3n) is 2.69. The highest BCUT2D eigenvalue weighted by atomic mass is 16.5. The molecule has 2 amide bonds. The Balaban J connectivity index is 1.92. The van der Waals surface area contributed by atoms with E-state index in [2.05, 4.69) is 10.9 Å². The maximum absolute atomic E-state index is 11.5. The molecule has 0 aromatic heterocycles. The lowest BCUT2D eigenvalue weighted by atomic mass is 10.1. The molecule has 2 aromatic rings. The molecule has 0 unspecified atom stereocenters. The average molecular weight is 283 g/mol. The van der Waals surface area contributed by atoms with E-state index in [-0.39, 0.29) is 13.0 Å². The number of nitriles is 1. The number of fused-ring (bicyclic) bond motifs is 1. The molecule has 0 spiro atoms. The van der Waals surface area contributed by atoms with Crippen LogP contribution in [-0.4, -0.2) is 18.4 Å². The smallest absolute Gasteiger partial charge is 0.276 e. The van der Waals surface area contributed by atoms with Gasteiger partial charge in [0, 0.05) is 5.39 Å². The van der Waals surface area contributed by atoms with Gasteiger partial charge in [-0.15, -0.1) is 0 Å². The number of benzene rings is 2. The molecule has 0 aliphatic carbocycles. The summed E-state index contributed by atoms with van der Waals surface area (Å²) < 4.78 is 5.44. The Bertz CT molecular complexity index is 701. The van der Waals surface area contributed by atoms with Gasteiger partial charge in [-0.1, -0.05) is 36.4 Å². The Morgan fingerprint density at radius 1 is 1.05 bits per heavy atom. The highest BCUT2D eigenvalue weighted by molar-refractivity contribution is 5.89. The molecule has 6 heteroatoms. The molecule has 0 radical (unpaired) electrons. The van der Waals surface area contributed by atoms with Crippen LogP contribution in [0.25, 0.3) is 10.8 Å². The van der Waals surface area contributed by atoms with Gasteiger partial charge >= 0.3 is 0 Å². The van der Waals surface area contributed by atoms with E-state index in [9.17, 15) is 9.59 Å². The number of carbonyl (C=O) groups excluding carboxylic acids is 2. The number of ether oxygens (including phenoxy) is 1. The summed E-state index contributed by atoms with van der Waals surface area (Å²) in [6.07, 6.45) is -0.315. The van der Waals surface area contributed by atoms with Gasteiger partial charge in [-0.05, 0) is 11.5 Å². The van der Waals surface area contributed by atoms with Crippen LogP contribution >= 0.6 is 0 Å². The fraction of sp³-hybridized carbons (Fsp3) is 0.133. The Hall–Kier alpha value is -3.07. The second-order valence-electron chi connectivity index (χ2n) is 4.20. The van der Waals surface area contributed by atoms with Crippen molar-refractivity contribution in [2.24, 2.45) is 0 Å². The lowest BCUT2D eigenvalue weighted by Gasteiger charge is -2.10. The van der Waals surface area contributed by atoms with Crippen molar-refractivity contribution in [1.82, 2.24) is 10.9 Å². The van der Waals surface area contributed by atoms with Crippen LogP contribution in [0.2, 0.25) is 0 Å². The molecular formula is C15H13N3O3. The molecule has 2 aromatic carbocycles. The molecule has 0 heterocycles. The van der Waals surface area contributed by atoms with E-state index in [0.29, 0.717) is 5.75 Å². The molecule has 0 saturated carbocycles. The van der Waals surface area contributed by atoms with Crippen LogP contribution in [0.3, 0.4) is 0 Å². The molecule has 6 nitrogen and oxygen atoms in total. The molecule has 0 fully saturated rings. The molecule has 2 N–H and O–H groups in total. The highest BCUT2D eigenvalue weighted by Crippen LogP contribution is 2.24. The summed E-state index contributed by atoms with van der Waals surface area (Å²) in [5.41, 5.74) is 4.29. The highest BCUT2D eigenvalue weighted by Gasteiger charge is 2.07. The normalized spacial score (nSPS) is 9.67. The van der Waals surface area contributed by atoms with Gasteiger partial charge in [0.15, 0.2) is 6.61 Å². The SMILES string of the molecule is N#CCC(=O)NNC(=O)COc1cccc2ccccc12. The third kappa shape index (κ3) is 3.94. The van der Waals surface area contributed by atoms with Crippen molar-refractivity contribution in [2.45, 2.75) is 6.42 Å². The van der Waals surface area contributed by atoms with Crippen LogP contribution in [0.1, 0.15) is 6.42 Å². The minimum atomic E-state index is -0.573. The molecule has 106 valence electrons. The van der Waals surface area contributed by atoms with Crippen molar-refractivity contribution in [2.75, 3.05) is 6.61 Å². The molecule has 2 rings (SSSR count). The lowest BCUT2D eigenvalue weighted by Crippen LogP contribution is -2.43. The fourth-order valence-electron chi connectivity index (χ4n) is 1.76. The van der Waals surface area contributed by atoms with Crippen molar-refractivity contribution in [1.29, 1.82) is 5.26 Å². The van der Waals surface area contributed by atoms with Gasteiger partial charge in [-0.3, -0.25) is 20.4 Å². The summed E-state index contributed by atoms with van der Waals surface area (Å²) in [7, 11) is 0. The first kappa shape index (κ1) is 14.3. The van der Waals surface area contributed by atoms with Crippen LogP contribution < -0.4 is 15.6 Å². The first-order valence-corrected chi connectivity index (χ1v) is 6.26. The maximum Gasteiger partial charge on any atom is 0.276 e. The van der Waals surface area contributed by atoms with Gasteiger partial charge in [0.1, 0.15) is 12.2 Å². The Kier molecular flexibility index (Phi) is 4.72. The van der Waals surface area contributed by atoms with Crippen molar-refractivity contribution in [3.8, 4) is 11.8 Å². The summed E-state index contributed by atoms with van der Waals surface area (Å²) in [6, 6.07) is 14.9. The average Bonchev–Trinajstić information content (AvgIpc) is 2.51. The molecule has 0 aliphatic heterocycles. The van der Waals surface area contributed by atoms with Gasteiger partial charge in [0.25, 0.3) is 11.8 Å². The monoisotopic (exact) mass is 283 g/mol. The van der Waals surface area contributed by atoms with Crippen molar-refractivity contribution in [3.63, 3.8) is 0 Å². The zero-order valence-electron chi connectivity index (χ0n) is 11.1. The fourth-order valence-corrected chi connectivity index (χ4v) is 1.76. The van der Waals surface area contributed by atoms with E-state index in [1.54, 1.807) is 12.1 Å². The number of amides is 2. The number of nitrogens with one attached hydrogen (secondary N) is 2. The van der Waals surface area contributed by atoms with E-state index < -0.39 is 11.8 Å². The molecule has 0 bridgehead atoms. The van der Waals surface area contributed by atoms with Gasteiger partial charge in [0.2, 0.25) is 0 Å². The number of hydrogen-bond donors (Lipinski definition) is 2. The van der Waals surface area contributed by atoms with Crippen molar-refractivity contribution < 1.29 is 14.3 Å². The van der Waals surface area contributed by atoms with Crippen molar-refractivity contribution in [3.05, 3.63) is 42.5 Å². The van der Waals surface area contributed by atoms with Gasteiger partial charge in [0.05, 0.1) is 6.07 Å². The van der Waals surface area contributed by atoms with Gasteiger partial charge in [-0.2, -0.15) is 5.26 Å². The second kappa shape index (κ2) is 6.91. The molecule has 0 saturated heterocycles. The predicted octanol–water partition coefficient (Wildman–Crippen LogP) is 1.28. The number of hydrogen-bond acceptors (Lipinski definition) is 4. The quantitative estimate of drug-likeness (QED) is 0.827. The van der Waals surface area contributed by atoms with E-state index in [1.165, 1.54) is 0 Å². The third-order valence-corrected chi connectivity index (χ3v) is 2.69. The second-order valence-corrected chi connectivity index (χ2v) is 4.20. The van der Waals surface area contributed by atoms with Crippen LogP contribution in [0.5, 0.6) is 5.75 Å². The van der Waals surface area contributed by atoms with Crippen molar-refractivity contribution >= 4 is 22.6 Å². The molecule has 0 atom stereocenters. The number of hydrazine groups is 1. The number of carbonyl (C=O) groups is 2. The number of rotatable bonds is 4. The summed E-state index contributed by atoms with van der Waals surface area (Å²) in [5, 5.41) is 10.2. The lowest BCUT2D eigenvalue weighted by molar-refractivity contribution is -0.129. The minimum Gasteiger partial charge on any atom is -0.483 e. The summed E-state index contributed by atoms with van der Waals surface area (Å²) in [4.78, 5) is 22.5. The Morgan fingerprint density at radius 2 is 1.76 bits per heavy atom. The zero-order chi connectivity index (χ0) is 15.1. The van der Waals surface area contributed by atoms with E-state index in [4.69, 9.17) is 10.00 Å². The Labute approximate surface area is 121 Å².